The van der Waals surface area contributed by atoms with E-state index in [1.807, 2.05) is 13.0 Å². The number of hydrogen-bond donors (Lipinski definition) is 1. The number of amides is 1. The summed E-state index contributed by atoms with van der Waals surface area (Å²) < 4.78 is 38.1. The van der Waals surface area contributed by atoms with Gasteiger partial charge in [-0.15, -0.1) is 0 Å². The number of sulfonamides is 1. The summed E-state index contributed by atoms with van der Waals surface area (Å²) >= 11 is 6.20. The topological polar surface area (TPSA) is 84.9 Å². The van der Waals surface area contributed by atoms with E-state index in [1.165, 1.54) is 22.5 Å². The van der Waals surface area contributed by atoms with Crippen LogP contribution < -0.4 is 14.8 Å². The number of halogens is 1. The number of nitrogens with zero attached hydrogens (tertiary/aromatic N) is 1. The first-order chi connectivity index (χ1) is 14.8. The van der Waals surface area contributed by atoms with Crippen molar-refractivity contribution in [2.45, 2.75) is 37.1 Å². The number of piperidine rings is 1. The molecule has 7 nitrogen and oxygen atoms in total. The monoisotopic (exact) mass is 466 g/mol. The van der Waals surface area contributed by atoms with Crippen molar-refractivity contribution in [3.8, 4) is 11.5 Å². The van der Waals surface area contributed by atoms with Crippen molar-refractivity contribution in [1.82, 2.24) is 9.62 Å². The Kier molecular flexibility index (Phi) is 7.46. The van der Waals surface area contributed by atoms with Gasteiger partial charge < -0.3 is 14.8 Å². The predicted molar refractivity (Wildman–Crippen MR) is 119 cm³/mol. The second kappa shape index (κ2) is 9.89. The van der Waals surface area contributed by atoms with Gasteiger partial charge in [-0.25, -0.2) is 8.42 Å². The first-order valence-corrected chi connectivity index (χ1v) is 11.9. The lowest BCUT2D eigenvalue weighted by molar-refractivity contribution is 0.0939. The van der Waals surface area contributed by atoms with Crippen molar-refractivity contribution in [2.75, 3.05) is 27.3 Å². The molecular formula is C22H27ClN2O5S. The van der Waals surface area contributed by atoms with E-state index in [9.17, 15) is 13.2 Å². The van der Waals surface area contributed by atoms with Gasteiger partial charge in [-0.1, -0.05) is 24.1 Å². The molecule has 0 aliphatic carbocycles. The van der Waals surface area contributed by atoms with E-state index >= 15 is 0 Å². The van der Waals surface area contributed by atoms with Crippen molar-refractivity contribution < 1.29 is 22.7 Å². The molecule has 1 heterocycles. The third-order valence-corrected chi connectivity index (χ3v) is 7.76. The Morgan fingerprint density at radius 3 is 2.35 bits per heavy atom. The highest BCUT2D eigenvalue weighted by molar-refractivity contribution is 7.89. The highest BCUT2D eigenvalue weighted by Gasteiger charge is 2.29. The minimum absolute atomic E-state index is 0.0394. The lowest BCUT2D eigenvalue weighted by Gasteiger charge is -2.26. The SMILES string of the molecule is COc1ccc([C@@H](C)NC(=O)c2ccc(Cl)c(S(=O)(=O)N3CCCCC3)c2)cc1OC. The van der Waals surface area contributed by atoms with Crippen LogP contribution in [0.5, 0.6) is 11.5 Å². The molecule has 1 aliphatic heterocycles. The summed E-state index contributed by atoms with van der Waals surface area (Å²) in [5.41, 5.74) is 1.05. The molecule has 1 saturated heterocycles. The molecule has 0 saturated carbocycles. The minimum atomic E-state index is -3.76. The van der Waals surface area contributed by atoms with Crippen molar-refractivity contribution in [1.29, 1.82) is 0 Å². The molecule has 2 aromatic rings. The van der Waals surface area contributed by atoms with E-state index in [4.69, 9.17) is 21.1 Å². The Balaban J connectivity index is 1.82. The summed E-state index contributed by atoms with van der Waals surface area (Å²) in [7, 11) is -0.656. The fourth-order valence-electron chi connectivity index (χ4n) is 3.57. The van der Waals surface area contributed by atoms with Crippen LogP contribution in [0.4, 0.5) is 0 Å². The molecule has 2 aromatic carbocycles. The van der Waals surface area contributed by atoms with Crippen LogP contribution in [0.15, 0.2) is 41.3 Å². The van der Waals surface area contributed by atoms with E-state index < -0.39 is 15.9 Å². The minimum Gasteiger partial charge on any atom is -0.493 e. The number of hydrogen-bond acceptors (Lipinski definition) is 5. The normalized spacial score (nSPS) is 15.9. The molecule has 9 heteroatoms. The molecule has 1 amide bonds. The average Bonchev–Trinajstić information content (AvgIpc) is 2.79. The molecule has 1 N–H and O–H groups in total. The van der Waals surface area contributed by atoms with E-state index in [2.05, 4.69) is 5.32 Å². The van der Waals surface area contributed by atoms with Crippen molar-refractivity contribution in [2.24, 2.45) is 0 Å². The first kappa shape index (κ1) is 23.4. The van der Waals surface area contributed by atoms with Gasteiger partial charge in [-0.3, -0.25) is 4.79 Å². The summed E-state index contributed by atoms with van der Waals surface area (Å²) in [6.07, 6.45) is 2.65. The molecule has 0 spiro atoms. The Morgan fingerprint density at radius 2 is 1.71 bits per heavy atom. The van der Waals surface area contributed by atoms with Crippen molar-refractivity contribution in [3.63, 3.8) is 0 Å². The van der Waals surface area contributed by atoms with Crippen LogP contribution in [0.1, 0.15) is 48.1 Å². The third kappa shape index (κ3) is 5.14. The number of benzene rings is 2. The van der Waals surface area contributed by atoms with Crippen LogP contribution in [0.2, 0.25) is 5.02 Å². The number of carbonyl (C=O) groups is 1. The Bertz CT molecular complexity index is 1050. The molecule has 0 aromatic heterocycles. The van der Waals surface area contributed by atoms with Crippen LogP contribution in [0.3, 0.4) is 0 Å². The van der Waals surface area contributed by atoms with Gasteiger partial charge >= 0.3 is 0 Å². The maximum atomic E-state index is 13.0. The molecule has 31 heavy (non-hydrogen) atoms. The lowest BCUT2D eigenvalue weighted by Crippen LogP contribution is -2.36. The van der Waals surface area contributed by atoms with E-state index in [1.54, 1.807) is 26.4 Å². The molecule has 0 unspecified atom stereocenters. The zero-order valence-electron chi connectivity index (χ0n) is 17.9. The Labute approximate surface area is 188 Å². The standard InChI is InChI=1S/C22H27ClN2O5S/c1-15(16-8-10-19(29-2)20(13-16)30-3)24-22(26)17-7-9-18(23)21(14-17)31(27,28)25-11-5-4-6-12-25/h7-10,13-15H,4-6,11-12H2,1-3H3,(H,24,26)/t15-/m1/s1. The summed E-state index contributed by atoms with van der Waals surface area (Å²) in [4.78, 5) is 12.8. The van der Waals surface area contributed by atoms with Gasteiger partial charge in [-0.2, -0.15) is 4.31 Å². The number of rotatable bonds is 7. The summed E-state index contributed by atoms with van der Waals surface area (Å²) in [5.74, 6) is 0.756. The van der Waals surface area contributed by atoms with Gasteiger partial charge in [-0.05, 0) is 55.7 Å². The van der Waals surface area contributed by atoms with Gasteiger partial charge in [0, 0.05) is 18.7 Å². The van der Waals surface area contributed by atoms with Gasteiger partial charge in [0.1, 0.15) is 4.90 Å². The Hall–Kier alpha value is -2.29. The largest absolute Gasteiger partial charge is 0.493 e. The average molecular weight is 467 g/mol. The molecule has 0 bridgehead atoms. The zero-order valence-corrected chi connectivity index (χ0v) is 19.4. The molecule has 168 valence electrons. The van der Waals surface area contributed by atoms with Gasteiger partial charge in [0.2, 0.25) is 10.0 Å². The number of nitrogens with one attached hydrogen (secondary N) is 1. The molecule has 3 rings (SSSR count). The van der Waals surface area contributed by atoms with Crippen LogP contribution >= 0.6 is 11.6 Å². The highest BCUT2D eigenvalue weighted by atomic mass is 35.5. The molecule has 0 radical (unpaired) electrons. The molecule has 1 fully saturated rings. The number of methoxy groups -OCH3 is 2. The summed E-state index contributed by atoms with van der Waals surface area (Å²) in [6.45, 7) is 2.76. The van der Waals surface area contributed by atoms with Crippen molar-refractivity contribution >= 4 is 27.5 Å². The highest BCUT2D eigenvalue weighted by Crippen LogP contribution is 2.31. The summed E-state index contributed by atoms with van der Waals surface area (Å²) in [5, 5.41) is 3.00. The predicted octanol–water partition coefficient (Wildman–Crippen LogP) is 4.02. The lowest BCUT2D eigenvalue weighted by atomic mass is 10.1. The van der Waals surface area contributed by atoms with E-state index in [0.29, 0.717) is 24.6 Å². The van der Waals surface area contributed by atoms with Crippen molar-refractivity contribution in [3.05, 3.63) is 52.5 Å². The Morgan fingerprint density at radius 1 is 1.03 bits per heavy atom. The maximum Gasteiger partial charge on any atom is 0.251 e. The van der Waals surface area contributed by atoms with Gasteiger partial charge in [0.15, 0.2) is 11.5 Å². The zero-order chi connectivity index (χ0) is 22.6. The number of ether oxygens (including phenoxy) is 2. The fraction of sp³-hybridized carbons (Fsp3) is 0.409. The number of carbonyl (C=O) groups excluding carboxylic acids is 1. The van der Waals surface area contributed by atoms with Gasteiger partial charge in [0.05, 0.1) is 25.3 Å². The van der Waals surface area contributed by atoms with Gasteiger partial charge in [0.25, 0.3) is 5.91 Å². The molecule has 1 aliphatic rings. The quantitative estimate of drug-likeness (QED) is 0.666. The van der Waals surface area contributed by atoms with Crippen LogP contribution in [-0.2, 0) is 10.0 Å². The van der Waals surface area contributed by atoms with E-state index in [-0.39, 0.29) is 21.5 Å². The molecular weight excluding hydrogens is 440 g/mol. The summed E-state index contributed by atoms with van der Waals surface area (Å²) in [6, 6.07) is 9.37. The smallest absolute Gasteiger partial charge is 0.251 e. The fourth-order valence-corrected chi connectivity index (χ4v) is 5.59. The van der Waals surface area contributed by atoms with Crippen LogP contribution in [0, 0.1) is 0 Å². The third-order valence-electron chi connectivity index (χ3n) is 5.38. The van der Waals surface area contributed by atoms with Crippen LogP contribution in [0.25, 0.3) is 0 Å². The second-order valence-corrected chi connectivity index (χ2v) is 9.73. The second-order valence-electron chi connectivity index (χ2n) is 7.42. The van der Waals surface area contributed by atoms with Crippen LogP contribution in [-0.4, -0.2) is 45.9 Å². The molecule has 1 atom stereocenters. The van der Waals surface area contributed by atoms with E-state index in [0.717, 1.165) is 24.8 Å². The maximum absolute atomic E-state index is 13.0. The first-order valence-electron chi connectivity index (χ1n) is 10.1.